The van der Waals surface area contributed by atoms with Gasteiger partial charge < -0.3 is 42.3 Å². The molecule has 10 aromatic rings. The van der Waals surface area contributed by atoms with E-state index in [4.69, 9.17) is 84.7 Å². The summed E-state index contributed by atoms with van der Waals surface area (Å²) in [5.74, 6) is 2.77. The van der Waals surface area contributed by atoms with E-state index in [9.17, 15) is 13.2 Å². The van der Waals surface area contributed by atoms with Gasteiger partial charge in [-0.15, -0.1) is 11.3 Å². The van der Waals surface area contributed by atoms with E-state index in [-0.39, 0.29) is 51.2 Å². The standard InChI is InChI=1S/C76H79BrCl2N4O13S2Si/c1-46-24-35-58(36-25-46)98(85,86)92-44-57(43-91-76(50-20-16-15-17-21-50,51-26-30-54(87-10)31-27-51)52-28-32-55(88-11)33-29-52)93-68-66(78)47(2)63(48(3)67(68)79)64-65-71(81-45-82-72(65)97-69(64)77)94-62(73(84)95-74(4,5)6)41-49-40-56(96-99(13,14)75(7,8)9)34-37-60(49)90-42-53-38-39-80-70(83-53)59-22-18-19-23-61(59)89-12/h15-40,45,57,62H,41-44H2,1-14H3/t57-,62-/m1/s1. The van der Waals surface area contributed by atoms with Crippen LogP contribution in [-0.4, -0.2) is 95.0 Å². The van der Waals surface area contributed by atoms with Gasteiger partial charge in [0.1, 0.15) is 70.4 Å². The molecule has 7 aromatic carbocycles. The number of ether oxygens (including phenoxy) is 8. The zero-order valence-electron chi connectivity index (χ0n) is 57.6. The first kappa shape index (κ1) is 73.6. The van der Waals surface area contributed by atoms with Gasteiger partial charge in [0.05, 0.1) is 63.3 Å². The molecule has 2 atom stereocenters. The van der Waals surface area contributed by atoms with Crippen molar-refractivity contribution >= 4 is 85.1 Å². The average Bonchev–Trinajstić information content (AvgIpc) is 1.65. The highest BCUT2D eigenvalue weighted by atomic mass is 79.9. The van der Waals surface area contributed by atoms with Gasteiger partial charge in [-0.3, -0.25) is 4.18 Å². The predicted molar refractivity (Wildman–Crippen MR) is 394 cm³/mol. The molecule has 10 rings (SSSR count). The summed E-state index contributed by atoms with van der Waals surface area (Å²) in [4.78, 5) is 34.2. The monoisotopic (exact) mass is 1500 g/mol. The SMILES string of the molecule is COc1ccc(C(OC[C@H](COS(=O)(=O)c2ccc(C)cc2)Oc2c(Cl)c(C)c(-c3c(Br)sc4ncnc(O[C@H](Cc5cc(O[Si](C)(C)C(C)(C)C)ccc5OCc5ccnc(-c6ccccc6OC)n5)C(=O)OC(C)(C)C)c34)c(C)c2Cl)(c2ccccc2)c2ccc(OC)cc2)cc1. The Balaban J connectivity index is 1.04. The van der Waals surface area contributed by atoms with Crippen molar-refractivity contribution in [1.29, 1.82) is 0 Å². The molecule has 0 fully saturated rings. The summed E-state index contributed by atoms with van der Waals surface area (Å²) in [6.07, 6.45) is 0.410. The minimum Gasteiger partial charge on any atom is -0.543 e. The molecule has 0 spiro atoms. The highest BCUT2D eigenvalue weighted by Gasteiger charge is 2.42. The smallest absolute Gasteiger partial charge is 0.348 e. The molecule has 17 nitrogen and oxygen atoms in total. The molecule has 0 aliphatic heterocycles. The normalized spacial score (nSPS) is 12.8. The van der Waals surface area contributed by atoms with Crippen molar-refractivity contribution in [1.82, 2.24) is 19.9 Å². The van der Waals surface area contributed by atoms with Gasteiger partial charge in [0.15, 0.2) is 11.6 Å². The molecule has 518 valence electrons. The lowest BCUT2D eigenvalue weighted by molar-refractivity contribution is -0.163. The van der Waals surface area contributed by atoms with E-state index in [2.05, 4.69) is 54.8 Å². The largest absolute Gasteiger partial charge is 0.543 e. The third-order valence-electron chi connectivity index (χ3n) is 17.1. The maximum atomic E-state index is 14.9. The van der Waals surface area contributed by atoms with Crippen molar-refractivity contribution in [3.8, 4) is 62.9 Å². The van der Waals surface area contributed by atoms with Crippen LogP contribution in [0.3, 0.4) is 0 Å². The number of carbonyl (C=O) groups is 1. The molecule has 0 N–H and O–H groups in total. The molecular formula is C76H79BrCl2N4O13S2Si. The summed E-state index contributed by atoms with van der Waals surface area (Å²) < 4.78 is 92.5. The first-order chi connectivity index (χ1) is 47.0. The van der Waals surface area contributed by atoms with E-state index in [0.29, 0.717) is 93.2 Å². The molecule has 0 radical (unpaired) electrons. The van der Waals surface area contributed by atoms with Crippen LogP contribution in [0.4, 0.5) is 0 Å². The molecule has 0 bridgehead atoms. The Hall–Kier alpha value is -8.12. The van der Waals surface area contributed by atoms with Crippen molar-refractivity contribution in [2.45, 2.75) is 122 Å². The topological polar surface area (TPSA) is 195 Å². The molecule has 99 heavy (non-hydrogen) atoms. The lowest BCUT2D eigenvalue weighted by Gasteiger charge is -2.37. The maximum absolute atomic E-state index is 14.9. The third kappa shape index (κ3) is 16.7. The quantitative estimate of drug-likeness (QED) is 0.0204. The number of methoxy groups -OCH3 is 3. The molecule has 0 saturated carbocycles. The Bertz CT molecular complexity index is 4560. The fourth-order valence-electron chi connectivity index (χ4n) is 11.0. The molecule has 3 heterocycles. The predicted octanol–water partition coefficient (Wildman–Crippen LogP) is 18.3. The van der Waals surface area contributed by atoms with Gasteiger partial charge in [0, 0.05) is 23.7 Å². The minimum absolute atomic E-state index is 0.0314. The number of halogens is 3. The Labute approximate surface area is 602 Å². The molecular weight excluding hydrogens is 1420 g/mol. The number of nitrogens with zero attached hydrogens (tertiary/aromatic N) is 4. The second-order valence-corrected chi connectivity index (χ2v) is 35.5. The molecule has 0 amide bonds. The number of rotatable bonds is 27. The lowest BCUT2D eigenvalue weighted by Crippen LogP contribution is -2.43. The summed E-state index contributed by atoms with van der Waals surface area (Å²) in [6.45, 7) is 20.9. The molecule has 0 aliphatic rings. The van der Waals surface area contributed by atoms with Gasteiger partial charge >= 0.3 is 5.97 Å². The van der Waals surface area contributed by atoms with Gasteiger partial charge in [0.25, 0.3) is 10.1 Å². The molecule has 0 unspecified atom stereocenters. The maximum Gasteiger partial charge on any atom is 0.348 e. The lowest BCUT2D eigenvalue weighted by atomic mass is 9.80. The van der Waals surface area contributed by atoms with Crippen molar-refractivity contribution in [3.63, 3.8) is 0 Å². The number of para-hydroxylation sites is 1. The van der Waals surface area contributed by atoms with Crippen LogP contribution >= 0.6 is 50.5 Å². The second-order valence-electron chi connectivity index (χ2n) is 26.1. The Morgan fingerprint density at radius 2 is 1.27 bits per heavy atom. The summed E-state index contributed by atoms with van der Waals surface area (Å²) in [6, 6.07) is 45.9. The first-order valence-electron chi connectivity index (χ1n) is 31.9. The zero-order valence-corrected chi connectivity index (χ0v) is 63.3. The Kier molecular flexibility index (Phi) is 22.9. The van der Waals surface area contributed by atoms with Gasteiger partial charge in [-0.1, -0.05) is 128 Å². The van der Waals surface area contributed by atoms with Crippen LogP contribution in [0.2, 0.25) is 28.2 Å². The van der Waals surface area contributed by atoms with Crippen molar-refractivity contribution < 1.29 is 59.7 Å². The van der Waals surface area contributed by atoms with E-state index >= 15 is 0 Å². The summed E-state index contributed by atoms with van der Waals surface area (Å²) in [7, 11) is -2.00. The van der Waals surface area contributed by atoms with E-state index in [1.807, 2.05) is 142 Å². The van der Waals surface area contributed by atoms with E-state index in [1.54, 1.807) is 66.5 Å². The Morgan fingerprint density at radius 3 is 1.88 bits per heavy atom. The van der Waals surface area contributed by atoms with Gasteiger partial charge in [-0.25, -0.2) is 24.7 Å². The number of aryl methyl sites for hydroxylation is 1. The van der Waals surface area contributed by atoms with E-state index in [1.165, 1.54) is 29.8 Å². The summed E-state index contributed by atoms with van der Waals surface area (Å²) in [5.41, 5.74) is 4.77. The fraction of sp³-hybridized carbons (Fsp3) is 0.303. The molecule has 0 saturated heterocycles. The number of aromatic nitrogens is 4. The Morgan fingerprint density at radius 1 is 0.667 bits per heavy atom. The fourth-order valence-corrected chi connectivity index (χ4v) is 15.1. The van der Waals surface area contributed by atoms with Crippen LogP contribution in [0, 0.1) is 20.8 Å². The summed E-state index contributed by atoms with van der Waals surface area (Å²) in [5, 5.41) is 0.475. The number of thiophene rings is 1. The highest BCUT2D eigenvalue weighted by Crippen LogP contribution is 2.53. The number of benzene rings is 7. The van der Waals surface area contributed by atoms with Crippen molar-refractivity contribution in [2.75, 3.05) is 34.5 Å². The zero-order chi connectivity index (χ0) is 71.2. The number of hydrogen-bond donors (Lipinski definition) is 0. The average molecular weight is 1500 g/mol. The number of fused-ring (bicyclic) bond motifs is 1. The number of carbonyl (C=O) groups excluding carboxylic acids is 1. The second kappa shape index (κ2) is 30.8. The number of hydrogen-bond acceptors (Lipinski definition) is 18. The van der Waals surface area contributed by atoms with Crippen LogP contribution in [0.1, 0.15) is 86.2 Å². The van der Waals surface area contributed by atoms with Crippen LogP contribution < -0.4 is 32.8 Å². The van der Waals surface area contributed by atoms with Crippen LogP contribution in [0.25, 0.3) is 32.7 Å². The van der Waals surface area contributed by atoms with Crippen molar-refractivity contribution in [3.05, 3.63) is 223 Å². The summed E-state index contributed by atoms with van der Waals surface area (Å²) >= 11 is 20.4. The van der Waals surface area contributed by atoms with Gasteiger partial charge in [-0.2, -0.15) is 8.42 Å². The van der Waals surface area contributed by atoms with E-state index < -0.39 is 54.4 Å². The van der Waals surface area contributed by atoms with Crippen LogP contribution in [-0.2, 0) is 47.2 Å². The highest BCUT2D eigenvalue weighted by molar-refractivity contribution is 9.11. The minimum atomic E-state index is -4.38. The van der Waals surface area contributed by atoms with Gasteiger partial charge in [-0.05, 0) is 182 Å². The van der Waals surface area contributed by atoms with Crippen LogP contribution in [0.5, 0.6) is 40.4 Å². The van der Waals surface area contributed by atoms with Gasteiger partial charge in [0.2, 0.25) is 20.3 Å². The number of esters is 1. The van der Waals surface area contributed by atoms with Crippen molar-refractivity contribution in [2.24, 2.45) is 0 Å². The first-order valence-corrected chi connectivity index (χ1v) is 38.5. The third-order valence-corrected chi connectivity index (χ3v) is 25.4. The van der Waals surface area contributed by atoms with Crippen LogP contribution in [0.15, 0.2) is 173 Å². The molecule has 3 aromatic heterocycles. The molecule has 23 heteroatoms. The molecule has 0 aliphatic carbocycles. The van der Waals surface area contributed by atoms with E-state index in [0.717, 1.165) is 16.7 Å².